The van der Waals surface area contributed by atoms with Gasteiger partial charge < -0.3 is 10.1 Å². The van der Waals surface area contributed by atoms with Crippen molar-refractivity contribution < 1.29 is 9.53 Å². The molecule has 1 aromatic heterocycles. The van der Waals surface area contributed by atoms with E-state index in [1.54, 1.807) is 6.20 Å². The smallest absolute Gasteiger partial charge is 0.308 e. The second-order valence-electron chi connectivity index (χ2n) is 5.14. The van der Waals surface area contributed by atoms with Crippen LogP contribution in [-0.2, 0) is 23.1 Å². The van der Waals surface area contributed by atoms with Gasteiger partial charge in [-0.2, -0.15) is 5.10 Å². The van der Waals surface area contributed by atoms with Crippen LogP contribution >= 0.6 is 0 Å². The molecular weight excluding hydrogens is 242 g/mol. The van der Waals surface area contributed by atoms with Crippen LogP contribution in [0.25, 0.3) is 0 Å². The zero-order chi connectivity index (χ0) is 13.7. The van der Waals surface area contributed by atoms with Gasteiger partial charge in [-0.15, -0.1) is 0 Å². The van der Waals surface area contributed by atoms with Crippen molar-refractivity contribution in [3.8, 4) is 0 Å². The van der Waals surface area contributed by atoms with Crippen molar-refractivity contribution in [2.24, 2.45) is 13.0 Å². The standard InChI is InChI=1S/C14H23N3O2/c1-3-19-14(18)11-5-4-6-12(9-11)15-10-13-7-8-16-17(13)2/h7-8,11-12,15H,3-6,9-10H2,1-2H3. The second-order valence-corrected chi connectivity index (χ2v) is 5.14. The Morgan fingerprint density at radius 1 is 1.58 bits per heavy atom. The monoisotopic (exact) mass is 265 g/mol. The van der Waals surface area contributed by atoms with Crippen LogP contribution in [0.15, 0.2) is 12.3 Å². The highest BCUT2D eigenvalue weighted by Gasteiger charge is 2.27. The number of rotatable bonds is 5. The van der Waals surface area contributed by atoms with Crippen LogP contribution < -0.4 is 5.32 Å². The lowest BCUT2D eigenvalue weighted by molar-refractivity contribution is -0.149. The highest BCUT2D eigenvalue weighted by atomic mass is 16.5. The normalized spacial score (nSPS) is 23.3. The van der Waals surface area contributed by atoms with E-state index in [-0.39, 0.29) is 11.9 Å². The van der Waals surface area contributed by atoms with E-state index in [9.17, 15) is 4.79 Å². The quantitative estimate of drug-likeness (QED) is 0.822. The van der Waals surface area contributed by atoms with Gasteiger partial charge in [-0.05, 0) is 32.3 Å². The van der Waals surface area contributed by atoms with E-state index < -0.39 is 0 Å². The lowest BCUT2D eigenvalue weighted by Crippen LogP contribution is -2.37. The predicted molar refractivity (Wildman–Crippen MR) is 72.4 cm³/mol. The van der Waals surface area contributed by atoms with E-state index in [1.807, 2.05) is 24.7 Å². The number of esters is 1. The molecule has 1 aliphatic rings. The molecule has 1 N–H and O–H groups in total. The lowest BCUT2D eigenvalue weighted by Gasteiger charge is -2.28. The zero-order valence-electron chi connectivity index (χ0n) is 11.8. The molecule has 19 heavy (non-hydrogen) atoms. The molecule has 5 heteroatoms. The van der Waals surface area contributed by atoms with Gasteiger partial charge in [0.1, 0.15) is 0 Å². The molecule has 0 saturated heterocycles. The molecule has 0 spiro atoms. The van der Waals surface area contributed by atoms with Crippen LogP contribution in [0.4, 0.5) is 0 Å². The number of carbonyl (C=O) groups is 1. The van der Waals surface area contributed by atoms with Gasteiger partial charge in [0.2, 0.25) is 0 Å². The summed E-state index contributed by atoms with van der Waals surface area (Å²) in [5.41, 5.74) is 1.17. The van der Waals surface area contributed by atoms with Crippen LogP contribution in [0.2, 0.25) is 0 Å². The van der Waals surface area contributed by atoms with Crippen LogP contribution in [0.3, 0.4) is 0 Å². The average molecular weight is 265 g/mol. The average Bonchev–Trinajstić information content (AvgIpc) is 2.82. The fourth-order valence-corrected chi connectivity index (χ4v) is 2.67. The fourth-order valence-electron chi connectivity index (χ4n) is 2.67. The molecule has 2 atom stereocenters. The summed E-state index contributed by atoms with van der Waals surface area (Å²) in [6.45, 7) is 3.14. The van der Waals surface area contributed by atoms with E-state index in [1.165, 1.54) is 5.69 Å². The number of aromatic nitrogens is 2. The van der Waals surface area contributed by atoms with E-state index in [0.29, 0.717) is 12.6 Å². The molecular formula is C14H23N3O2. The molecule has 2 rings (SSSR count). The van der Waals surface area contributed by atoms with Crippen LogP contribution in [-0.4, -0.2) is 28.4 Å². The Morgan fingerprint density at radius 3 is 3.11 bits per heavy atom. The van der Waals surface area contributed by atoms with Crippen molar-refractivity contribution in [1.82, 2.24) is 15.1 Å². The Labute approximate surface area is 114 Å². The Morgan fingerprint density at radius 2 is 2.42 bits per heavy atom. The van der Waals surface area contributed by atoms with Gasteiger partial charge in [-0.3, -0.25) is 9.48 Å². The van der Waals surface area contributed by atoms with Crippen molar-refractivity contribution in [2.45, 2.75) is 45.2 Å². The molecule has 1 aromatic rings. The summed E-state index contributed by atoms with van der Waals surface area (Å²) in [5, 5.41) is 7.67. The first kappa shape index (κ1) is 14.1. The Kier molecular flexibility index (Phi) is 4.96. The number of hydrogen-bond acceptors (Lipinski definition) is 4. The summed E-state index contributed by atoms with van der Waals surface area (Å²) in [4.78, 5) is 11.8. The summed E-state index contributed by atoms with van der Waals surface area (Å²) < 4.78 is 6.99. The van der Waals surface area contributed by atoms with E-state index in [2.05, 4.69) is 10.4 Å². The van der Waals surface area contributed by atoms with Gasteiger partial charge in [0.25, 0.3) is 0 Å². The SMILES string of the molecule is CCOC(=O)C1CCCC(NCc2ccnn2C)C1. The fraction of sp³-hybridized carbons (Fsp3) is 0.714. The maximum Gasteiger partial charge on any atom is 0.308 e. The summed E-state index contributed by atoms with van der Waals surface area (Å²) >= 11 is 0. The van der Waals surface area contributed by atoms with E-state index in [4.69, 9.17) is 4.74 Å². The Bertz CT molecular complexity index is 417. The summed E-state index contributed by atoms with van der Waals surface area (Å²) in [6, 6.07) is 2.41. The second kappa shape index (κ2) is 6.70. The van der Waals surface area contributed by atoms with Crippen LogP contribution in [0, 0.1) is 5.92 Å². The van der Waals surface area contributed by atoms with E-state index in [0.717, 1.165) is 32.2 Å². The van der Waals surface area contributed by atoms with Crippen molar-refractivity contribution in [3.63, 3.8) is 0 Å². The molecule has 0 bridgehead atoms. The van der Waals surface area contributed by atoms with Gasteiger partial charge in [-0.25, -0.2) is 0 Å². The number of hydrogen-bond donors (Lipinski definition) is 1. The molecule has 0 aromatic carbocycles. The summed E-state index contributed by atoms with van der Waals surface area (Å²) in [7, 11) is 1.94. The molecule has 1 heterocycles. The number of nitrogens with zero attached hydrogens (tertiary/aromatic N) is 2. The number of carbonyl (C=O) groups excluding carboxylic acids is 1. The Balaban J connectivity index is 1.81. The molecule has 1 fully saturated rings. The van der Waals surface area contributed by atoms with Crippen molar-refractivity contribution in [2.75, 3.05) is 6.61 Å². The van der Waals surface area contributed by atoms with Crippen LogP contribution in [0.1, 0.15) is 38.3 Å². The lowest BCUT2D eigenvalue weighted by atomic mass is 9.85. The largest absolute Gasteiger partial charge is 0.466 e. The zero-order valence-corrected chi connectivity index (χ0v) is 11.8. The van der Waals surface area contributed by atoms with Crippen molar-refractivity contribution in [1.29, 1.82) is 0 Å². The molecule has 0 radical (unpaired) electrons. The number of nitrogens with one attached hydrogen (secondary N) is 1. The van der Waals surface area contributed by atoms with Crippen molar-refractivity contribution >= 4 is 5.97 Å². The molecule has 2 unspecified atom stereocenters. The van der Waals surface area contributed by atoms with Crippen LogP contribution in [0.5, 0.6) is 0 Å². The maximum atomic E-state index is 11.8. The highest BCUT2D eigenvalue weighted by molar-refractivity contribution is 5.72. The minimum absolute atomic E-state index is 0.0328. The molecule has 5 nitrogen and oxygen atoms in total. The first-order chi connectivity index (χ1) is 9.20. The van der Waals surface area contributed by atoms with Gasteiger partial charge in [0.15, 0.2) is 0 Å². The molecule has 1 saturated carbocycles. The minimum atomic E-state index is -0.0328. The Hall–Kier alpha value is -1.36. The number of ether oxygens (including phenoxy) is 1. The molecule has 0 aliphatic heterocycles. The summed E-state index contributed by atoms with van der Waals surface area (Å²) in [6.07, 6.45) is 5.87. The maximum absolute atomic E-state index is 11.8. The molecule has 1 aliphatic carbocycles. The third kappa shape index (κ3) is 3.80. The predicted octanol–water partition coefficient (Wildman–Crippen LogP) is 1.63. The topological polar surface area (TPSA) is 56.1 Å². The third-order valence-electron chi connectivity index (χ3n) is 3.79. The van der Waals surface area contributed by atoms with Crippen molar-refractivity contribution in [3.05, 3.63) is 18.0 Å². The molecule has 106 valence electrons. The third-order valence-corrected chi connectivity index (χ3v) is 3.79. The number of aryl methyl sites for hydroxylation is 1. The first-order valence-electron chi connectivity index (χ1n) is 7.07. The van der Waals surface area contributed by atoms with Gasteiger partial charge in [0, 0.05) is 25.8 Å². The van der Waals surface area contributed by atoms with E-state index >= 15 is 0 Å². The minimum Gasteiger partial charge on any atom is -0.466 e. The van der Waals surface area contributed by atoms with Gasteiger partial charge in [0.05, 0.1) is 18.2 Å². The first-order valence-corrected chi connectivity index (χ1v) is 7.07. The highest BCUT2D eigenvalue weighted by Crippen LogP contribution is 2.25. The van der Waals surface area contributed by atoms with Gasteiger partial charge in [-0.1, -0.05) is 6.42 Å². The summed E-state index contributed by atoms with van der Waals surface area (Å²) in [5.74, 6) is 0.0345. The molecule has 0 amide bonds. The van der Waals surface area contributed by atoms with Gasteiger partial charge >= 0.3 is 5.97 Å².